The summed E-state index contributed by atoms with van der Waals surface area (Å²) in [6, 6.07) is 0. The summed E-state index contributed by atoms with van der Waals surface area (Å²) >= 11 is 0. The molecule has 0 aliphatic heterocycles. The number of hydrogen-bond acceptors (Lipinski definition) is 4. The molecule has 0 fully saturated rings. The first kappa shape index (κ1) is 11.1. The van der Waals surface area contributed by atoms with E-state index in [-0.39, 0.29) is 18.2 Å². The van der Waals surface area contributed by atoms with Gasteiger partial charge in [0, 0.05) is 5.92 Å². The lowest BCUT2D eigenvalue weighted by molar-refractivity contribution is -0.138. The molecular weight excluding hydrogens is 194 g/mol. The molecule has 0 amide bonds. The third-order valence-corrected chi connectivity index (χ3v) is 1.78. The molecule has 1 aliphatic carbocycles. The van der Waals surface area contributed by atoms with Crippen molar-refractivity contribution in [3.63, 3.8) is 0 Å². The zero-order valence-electron chi connectivity index (χ0n) is 8.34. The maximum atomic E-state index is 11.3. The number of esters is 1. The van der Waals surface area contributed by atoms with E-state index in [4.69, 9.17) is 4.74 Å². The number of ether oxygens (including phenoxy) is 1. The fraction of sp³-hybridized carbons (Fsp3) is 0.273. The average molecular weight is 205 g/mol. The number of carbonyl (C=O) groups is 1. The Morgan fingerprint density at radius 1 is 1.53 bits per heavy atom. The average Bonchev–Trinajstić information content (AvgIpc) is 2.70. The highest BCUT2D eigenvalue weighted by atomic mass is 16.5. The van der Waals surface area contributed by atoms with Crippen LogP contribution in [0.3, 0.4) is 0 Å². The fourth-order valence-electron chi connectivity index (χ4n) is 1.15. The van der Waals surface area contributed by atoms with Gasteiger partial charge in [-0.2, -0.15) is 4.99 Å². The molecule has 0 aromatic carbocycles. The van der Waals surface area contributed by atoms with Crippen LogP contribution in [0.2, 0.25) is 0 Å². The quantitative estimate of drug-likeness (QED) is 0.302. The van der Waals surface area contributed by atoms with Crippen LogP contribution in [0, 0.1) is 5.92 Å². The Kier molecular flexibility index (Phi) is 4.26. The molecule has 15 heavy (non-hydrogen) atoms. The maximum absolute atomic E-state index is 11.3. The molecule has 0 unspecified atom stereocenters. The predicted octanol–water partition coefficient (Wildman–Crippen LogP) is 1.51. The van der Waals surface area contributed by atoms with Crippen molar-refractivity contribution in [1.29, 1.82) is 0 Å². The standard InChI is InChI=1S/C11H11NO3/c1-2-15-11(14)10(12-8-13)7-9-5-3-4-6-9/h3-7,9H,2H2,1H3/b10-7-. The van der Waals surface area contributed by atoms with Gasteiger partial charge in [-0.15, -0.1) is 0 Å². The Bertz CT molecular complexity index is 361. The van der Waals surface area contributed by atoms with Crippen molar-refractivity contribution in [2.45, 2.75) is 6.92 Å². The molecule has 0 aromatic heterocycles. The lowest BCUT2D eigenvalue weighted by Crippen LogP contribution is -2.07. The van der Waals surface area contributed by atoms with Crippen molar-refractivity contribution >= 4 is 12.0 Å². The smallest absolute Gasteiger partial charge is 0.357 e. The van der Waals surface area contributed by atoms with Crippen LogP contribution in [0.5, 0.6) is 0 Å². The van der Waals surface area contributed by atoms with E-state index in [0.717, 1.165) is 0 Å². The minimum absolute atomic E-state index is 0.00644. The molecule has 0 saturated heterocycles. The van der Waals surface area contributed by atoms with Crippen LogP contribution in [0.25, 0.3) is 0 Å². The van der Waals surface area contributed by atoms with Crippen LogP contribution >= 0.6 is 0 Å². The Morgan fingerprint density at radius 2 is 2.20 bits per heavy atom. The third kappa shape index (κ3) is 3.37. The molecule has 0 saturated carbocycles. The normalized spacial score (nSPS) is 15.1. The summed E-state index contributed by atoms with van der Waals surface area (Å²) in [6.45, 7) is 1.94. The number of aliphatic imine (C=N–C) groups is 1. The number of isocyanates is 1. The van der Waals surface area contributed by atoms with E-state index < -0.39 is 5.97 Å². The number of nitrogens with zero attached hydrogens (tertiary/aromatic N) is 1. The Balaban J connectivity index is 2.81. The van der Waals surface area contributed by atoms with Crippen LogP contribution in [-0.4, -0.2) is 18.7 Å². The summed E-state index contributed by atoms with van der Waals surface area (Å²) in [5, 5.41) is 0. The summed E-state index contributed by atoms with van der Waals surface area (Å²) in [5.74, 6) is -0.615. The van der Waals surface area contributed by atoms with E-state index in [2.05, 4.69) is 4.99 Å². The van der Waals surface area contributed by atoms with Crippen molar-refractivity contribution < 1.29 is 14.3 Å². The first-order valence-corrected chi connectivity index (χ1v) is 4.59. The van der Waals surface area contributed by atoms with Gasteiger partial charge in [-0.3, -0.25) is 0 Å². The molecule has 0 radical (unpaired) electrons. The molecule has 0 heterocycles. The first-order valence-electron chi connectivity index (χ1n) is 4.59. The molecule has 0 aromatic rings. The summed E-state index contributed by atoms with van der Waals surface area (Å²) in [7, 11) is 0. The SMILES string of the molecule is CCOC(=O)/C(=C/C1C=CC=C1)N=C=O. The van der Waals surface area contributed by atoms with Crippen molar-refractivity contribution in [2.75, 3.05) is 6.61 Å². The summed E-state index contributed by atoms with van der Waals surface area (Å²) < 4.78 is 4.74. The van der Waals surface area contributed by atoms with Crippen LogP contribution in [0.4, 0.5) is 0 Å². The molecule has 0 atom stereocenters. The highest BCUT2D eigenvalue weighted by Gasteiger charge is 2.11. The van der Waals surface area contributed by atoms with Crippen LogP contribution < -0.4 is 0 Å². The molecule has 0 spiro atoms. The van der Waals surface area contributed by atoms with E-state index in [1.54, 1.807) is 13.0 Å². The van der Waals surface area contributed by atoms with E-state index in [0.29, 0.717) is 0 Å². The molecule has 0 bridgehead atoms. The first-order chi connectivity index (χ1) is 7.27. The van der Waals surface area contributed by atoms with E-state index in [1.165, 1.54) is 6.08 Å². The van der Waals surface area contributed by atoms with Crippen LogP contribution in [-0.2, 0) is 14.3 Å². The van der Waals surface area contributed by atoms with Crippen molar-refractivity contribution in [1.82, 2.24) is 0 Å². The highest BCUT2D eigenvalue weighted by Crippen LogP contribution is 2.14. The second-order valence-electron chi connectivity index (χ2n) is 2.82. The van der Waals surface area contributed by atoms with Gasteiger partial charge in [0.2, 0.25) is 6.08 Å². The summed E-state index contributed by atoms with van der Waals surface area (Å²) in [5.41, 5.74) is -0.00644. The van der Waals surface area contributed by atoms with Crippen LogP contribution in [0.1, 0.15) is 6.92 Å². The van der Waals surface area contributed by atoms with Crippen LogP contribution in [0.15, 0.2) is 41.1 Å². The van der Waals surface area contributed by atoms with Crippen molar-refractivity contribution in [3.05, 3.63) is 36.1 Å². The molecule has 1 rings (SSSR count). The lowest BCUT2D eigenvalue weighted by Gasteiger charge is -2.02. The maximum Gasteiger partial charge on any atom is 0.357 e. The Morgan fingerprint density at radius 3 is 2.73 bits per heavy atom. The number of rotatable bonds is 4. The van der Waals surface area contributed by atoms with Gasteiger partial charge in [-0.1, -0.05) is 24.3 Å². The predicted molar refractivity (Wildman–Crippen MR) is 54.6 cm³/mol. The summed E-state index contributed by atoms with van der Waals surface area (Å²) in [4.78, 5) is 24.8. The minimum Gasteiger partial charge on any atom is -0.461 e. The van der Waals surface area contributed by atoms with E-state index in [9.17, 15) is 9.59 Å². The van der Waals surface area contributed by atoms with Gasteiger partial charge in [0.05, 0.1) is 6.61 Å². The third-order valence-electron chi connectivity index (χ3n) is 1.78. The van der Waals surface area contributed by atoms with Gasteiger partial charge < -0.3 is 4.74 Å². The molecule has 0 N–H and O–H groups in total. The fourth-order valence-corrected chi connectivity index (χ4v) is 1.15. The highest BCUT2D eigenvalue weighted by molar-refractivity contribution is 5.89. The molecule has 78 valence electrons. The Hall–Kier alpha value is -1.93. The van der Waals surface area contributed by atoms with E-state index in [1.807, 2.05) is 24.3 Å². The van der Waals surface area contributed by atoms with Gasteiger partial charge in [0.25, 0.3) is 0 Å². The zero-order valence-corrected chi connectivity index (χ0v) is 8.34. The van der Waals surface area contributed by atoms with Gasteiger partial charge in [-0.05, 0) is 13.0 Å². The van der Waals surface area contributed by atoms with E-state index >= 15 is 0 Å². The van der Waals surface area contributed by atoms with Crippen molar-refractivity contribution in [2.24, 2.45) is 10.9 Å². The molecule has 1 aliphatic rings. The van der Waals surface area contributed by atoms with Gasteiger partial charge in [0.1, 0.15) is 0 Å². The lowest BCUT2D eigenvalue weighted by atomic mass is 10.1. The molecule has 4 nitrogen and oxygen atoms in total. The largest absolute Gasteiger partial charge is 0.461 e. The second kappa shape index (κ2) is 5.73. The van der Waals surface area contributed by atoms with Gasteiger partial charge >= 0.3 is 5.97 Å². The zero-order chi connectivity index (χ0) is 11.1. The van der Waals surface area contributed by atoms with Gasteiger partial charge in [0.15, 0.2) is 5.70 Å². The number of hydrogen-bond donors (Lipinski definition) is 0. The monoisotopic (exact) mass is 205 g/mol. The topological polar surface area (TPSA) is 55.7 Å². The molecule has 4 heteroatoms. The Labute approximate surface area is 87.6 Å². The summed E-state index contributed by atoms with van der Waals surface area (Å²) in [6.07, 6.45) is 10.4. The van der Waals surface area contributed by atoms with Gasteiger partial charge in [-0.25, -0.2) is 9.59 Å². The molecular formula is C11H11NO3. The number of allylic oxidation sites excluding steroid dienone is 5. The minimum atomic E-state index is -0.602. The second-order valence-corrected chi connectivity index (χ2v) is 2.82. The number of carbonyl (C=O) groups excluding carboxylic acids is 2. The van der Waals surface area contributed by atoms with Crippen molar-refractivity contribution in [3.8, 4) is 0 Å².